The van der Waals surface area contributed by atoms with Crippen molar-refractivity contribution in [3.63, 3.8) is 0 Å². The highest BCUT2D eigenvalue weighted by Gasteiger charge is 2.04. The van der Waals surface area contributed by atoms with Gasteiger partial charge in [0.1, 0.15) is 0 Å². The average molecular weight is 257 g/mol. The molecule has 2 N–H and O–H groups in total. The highest BCUT2D eigenvalue weighted by molar-refractivity contribution is 5.22. The molecule has 0 saturated heterocycles. The van der Waals surface area contributed by atoms with Crippen molar-refractivity contribution in [3.8, 4) is 0 Å². The summed E-state index contributed by atoms with van der Waals surface area (Å²) in [5.41, 5.74) is 9.84. The molecular formula is C16H23N3. The van der Waals surface area contributed by atoms with Gasteiger partial charge in [0.15, 0.2) is 0 Å². The molecule has 0 aliphatic heterocycles. The molecule has 0 saturated carbocycles. The number of hydrogen-bond donors (Lipinski definition) is 1. The van der Waals surface area contributed by atoms with Crippen molar-refractivity contribution in [2.45, 2.75) is 45.7 Å². The predicted molar refractivity (Wildman–Crippen MR) is 79.1 cm³/mol. The van der Waals surface area contributed by atoms with Crippen molar-refractivity contribution < 1.29 is 0 Å². The number of rotatable bonds is 6. The van der Waals surface area contributed by atoms with Crippen molar-refractivity contribution >= 4 is 0 Å². The Morgan fingerprint density at radius 1 is 1.11 bits per heavy atom. The van der Waals surface area contributed by atoms with Gasteiger partial charge in [-0.3, -0.25) is 4.68 Å². The van der Waals surface area contributed by atoms with Crippen LogP contribution in [0, 0.1) is 0 Å². The Bertz CT molecular complexity index is 499. The highest BCUT2D eigenvalue weighted by Crippen LogP contribution is 2.08. The molecule has 1 atom stereocenters. The molecule has 1 heterocycles. The van der Waals surface area contributed by atoms with Crippen LogP contribution in [0.25, 0.3) is 0 Å². The van der Waals surface area contributed by atoms with Crippen LogP contribution in [0.5, 0.6) is 0 Å². The van der Waals surface area contributed by atoms with E-state index in [1.165, 1.54) is 16.7 Å². The molecule has 3 heteroatoms. The molecule has 3 nitrogen and oxygen atoms in total. The molecule has 2 aromatic rings. The zero-order chi connectivity index (χ0) is 13.7. The zero-order valence-electron chi connectivity index (χ0n) is 11.8. The molecule has 0 radical (unpaired) electrons. The van der Waals surface area contributed by atoms with E-state index < -0.39 is 0 Å². The van der Waals surface area contributed by atoms with E-state index in [0.29, 0.717) is 0 Å². The van der Waals surface area contributed by atoms with Gasteiger partial charge in [-0.05, 0) is 36.0 Å². The third-order valence-electron chi connectivity index (χ3n) is 3.48. The summed E-state index contributed by atoms with van der Waals surface area (Å²) in [6.45, 7) is 5.11. The van der Waals surface area contributed by atoms with Crippen LogP contribution < -0.4 is 5.73 Å². The SMILES string of the molecule is CCc1ccc(Cn2cc(CC(N)CC)cn2)cc1. The molecule has 0 bridgehead atoms. The van der Waals surface area contributed by atoms with Gasteiger partial charge >= 0.3 is 0 Å². The summed E-state index contributed by atoms with van der Waals surface area (Å²) >= 11 is 0. The lowest BCUT2D eigenvalue weighted by Gasteiger charge is -2.05. The minimum absolute atomic E-state index is 0.237. The van der Waals surface area contributed by atoms with Gasteiger partial charge in [0, 0.05) is 12.2 Å². The van der Waals surface area contributed by atoms with Crippen molar-refractivity contribution in [1.82, 2.24) is 9.78 Å². The van der Waals surface area contributed by atoms with Crippen LogP contribution in [0.4, 0.5) is 0 Å². The molecule has 1 unspecified atom stereocenters. The van der Waals surface area contributed by atoms with E-state index in [-0.39, 0.29) is 6.04 Å². The first kappa shape index (κ1) is 13.8. The van der Waals surface area contributed by atoms with Gasteiger partial charge in [0.2, 0.25) is 0 Å². The Labute approximate surface area is 115 Å². The highest BCUT2D eigenvalue weighted by atomic mass is 15.3. The number of aryl methyl sites for hydroxylation is 1. The number of aromatic nitrogens is 2. The Morgan fingerprint density at radius 3 is 2.42 bits per heavy atom. The van der Waals surface area contributed by atoms with Crippen LogP contribution in [0.3, 0.4) is 0 Å². The van der Waals surface area contributed by atoms with Gasteiger partial charge in [0.05, 0.1) is 12.7 Å². The van der Waals surface area contributed by atoms with Crippen LogP contribution in [0.2, 0.25) is 0 Å². The van der Waals surface area contributed by atoms with E-state index in [1.807, 2.05) is 10.9 Å². The monoisotopic (exact) mass is 257 g/mol. The smallest absolute Gasteiger partial charge is 0.0659 e. The topological polar surface area (TPSA) is 43.8 Å². The number of benzene rings is 1. The number of hydrogen-bond acceptors (Lipinski definition) is 2. The lowest BCUT2D eigenvalue weighted by atomic mass is 10.1. The fourth-order valence-corrected chi connectivity index (χ4v) is 2.11. The minimum Gasteiger partial charge on any atom is -0.327 e. The summed E-state index contributed by atoms with van der Waals surface area (Å²) in [7, 11) is 0. The van der Waals surface area contributed by atoms with Gasteiger partial charge in [-0.1, -0.05) is 38.1 Å². The molecule has 0 aliphatic carbocycles. The molecule has 0 aliphatic rings. The van der Waals surface area contributed by atoms with Crippen LogP contribution in [-0.2, 0) is 19.4 Å². The van der Waals surface area contributed by atoms with E-state index in [1.54, 1.807) is 0 Å². The van der Waals surface area contributed by atoms with Crippen molar-refractivity contribution in [3.05, 3.63) is 53.3 Å². The van der Waals surface area contributed by atoms with E-state index in [4.69, 9.17) is 5.73 Å². The zero-order valence-corrected chi connectivity index (χ0v) is 11.8. The second-order valence-electron chi connectivity index (χ2n) is 5.09. The largest absolute Gasteiger partial charge is 0.327 e. The summed E-state index contributed by atoms with van der Waals surface area (Å²) in [6, 6.07) is 8.97. The van der Waals surface area contributed by atoms with E-state index >= 15 is 0 Å². The summed E-state index contributed by atoms with van der Waals surface area (Å²) in [5.74, 6) is 0. The summed E-state index contributed by atoms with van der Waals surface area (Å²) in [5, 5.41) is 4.40. The average Bonchev–Trinajstić information content (AvgIpc) is 2.86. The predicted octanol–water partition coefficient (Wildman–Crippen LogP) is 2.77. The van der Waals surface area contributed by atoms with Crippen LogP contribution in [0.15, 0.2) is 36.7 Å². The van der Waals surface area contributed by atoms with Crippen LogP contribution in [0.1, 0.15) is 37.0 Å². The molecule has 0 spiro atoms. The molecular weight excluding hydrogens is 234 g/mol. The first-order chi connectivity index (χ1) is 9.21. The molecule has 1 aromatic heterocycles. The van der Waals surface area contributed by atoms with E-state index in [0.717, 1.165) is 25.8 Å². The van der Waals surface area contributed by atoms with E-state index in [9.17, 15) is 0 Å². The summed E-state index contributed by atoms with van der Waals surface area (Å²) < 4.78 is 1.98. The van der Waals surface area contributed by atoms with Gasteiger partial charge in [0.25, 0.3) is 0 Å². The molecule has 102 valence electrons. The van der Waals surface area contributed by atoms with Crippen molar-refractivity contribution in [2.75, 3.05) is 0 Å². The van der Waals surface area contributed by atoms with E-state index in [2.05, 4.69) is 49.4 Å². The van der Waals surface area contributed by atoms with Gasteiger partial charge in [-0.15, -0.1) is 0 Å². The Hall–Kier alpha value is -1.61. The molecule has 0 amide bonds. The molecule has 2 rings (SSSR count). The number of nitrogens with two attached hydrogens (primary N) is 1. The maximum Gasteiger partial charge on any atom is 0.0659 e. The first-order valence-corrected chi connectivity index (χ1v) is 7.06. The lowest BCUT2D eigenvalue weighted by molar-refractivity contribution is 0.644. The second-order valence-corrected chi connectivity index (χ2v) is 5.09. The molecule has 19 heavy (non-hydrogen) atoms. The molecule has 1 aromatic carbocycles. The van der Waals surface area contributed by atoms with Crippen molar-refractivity contribution in [1.29, 1.82) is 0 Å². The first-order valence-electron chi connectivity index (χ1n) is 7.06. The van der Waals surface area contributed by atoms with Gasteiger partial charge < -0.3 is 5.73 Å². The molecule has 0 fully saturated rings. The minimum atomic E-state index is 0.237. The quantitative estimate of drug-likeness (QED) is 0.864. The fraction of sp³-hybridized carbons (Fsp3) is 0.438. The number of nitrogens with zero attached hydrogens (tertiary/aromatic N) is 2. The normalized spacial score (nSPS) is 12.6. The van der Waals surface area contributed by atoms with Crippen LogP contribution >= 0.6 is 0 Å². The third kappa shape index (κ3) is 3.93. The van der Waals surface area contributed by atoms with Gasteiger partial charge in [-0.25, -0.2) is 0 Å². The standard InChI is InChI=1S/C16H23N3/c1-3-13-5-7-14(8-6-13)11-19-12-15(10-18-19)9-16(17)4-2/h5-8,10,12,16H,3-4,9,11,17H2,1-2H3. The fourth-order valence-electron chi connectivity index (χ4n) is 2.11. The summed E-state index contributed by atoms with van der Waals surface area (Å²) in [4.78, 5) is 0. The maximum absolute atomic E-state index is 5.96. The van der Waals surface area contributed by atoms with Crippen molar-refractivity contribution in [2.24, 2.45) is 5.73 Å². The Kier molecular flexibility index (Phi) is 4.74. The maximum atomic E-state index is 5.96. The third-order valence-corrected chi connectivity index (χ3v) is 3.48. The van der Waals surface area contributed by atoms with Gasteiger partial charge in [-0.2, -0.15) is 5.10 Å². The lowest BCUT2D eigenvalue weighted by Crippen LogP contribution is -2.21. The Balaban J connectivity index is 1.98. The summed E-state index contributed by atoms with van der Waals surface area (Å²) in [6.07, 6.45) is 7.02. The second kappa shape index (κ2) is 6.53. The van der Waals surface area contributed by atoms with Crippen LogP contribution in [-0.4, -0.2) is 15.8 Å². The Morgan fingerprint density at radius 2 is 1.79 bits per heavy atom.